The van der Waals surface area contributed by atoms with Crippen LogP contribution in [0, 0.1) is 0 Å². The highest BCUT2D eigenvalue weighted by Gasteiger charge is 2.21. The van der Waals surface area contributed by atoms with E-state index in [0.717, 1.165) is 75.0 Å². The monoisotopic (exact) mass is 432 g/mol. The molecule has 0 bridgehead atoms. The summed E-state index contributed by atoms with van der Waals surface area (Å²) in [5, 5.41) is 13.5. The van der Waals surface area contributed by atoms with Crippen molar-refractivity contribution in [2.75, 3.05) is 51.2 Å². The zero-order valence-corrected chi connectivity index (χ0v) is 18.4. The lowest BCUT2D eigenvalue weighted by Gasteiger charge is -2.35. The van der Waals surface area contributed by atoms with Crippen LogP contribution in [0.15, 0.2) is 47.5 Å². The molecule has 9 heteroatoms. The minimum absolute atomic E-state index is 0.0782. The van der Waals surface area contributed by atoms with Crippen molar-refractivity contribution >= 4 is 5.82 Å². The maximum Gasteiger partial charge on any atom is 0.266 e. The lowest BCUT2D eigenvalue weighted by molar-refractivity contribution is 0.242. The molecule has 9 nitrogen and oxygen atoms in total. The molecule has 0 saturated carbocycles. The summed E-state index contributed by atoms with van der Waals surface area (Å²) in [7, 11) is 2.15. The smallest absolute Gasteiger partial charge is 0.266 e. The zero-order valence-electron chi connectivity index (χ0n) is 18.4. The molecular formula is C23H28N8O. The Kier molecular flexibility index (Phi) is 5.91. The SMILES string of the molecule is CN1CCc2nnc(N3CCN(CCn4nc(-c5cccnc5)ccc4=O)CC3)cc2C1. The van der Waals surface area contributed by atoms with Gasteiger partial charge in [0, 0.05) is 76.3 Å². The Morgan fingerprint density at radius 1 is 1.00 bits per heavy atom. The van der Waals surface area contributed by atoms with Crippen molar-refractivity contribution in [1.82, 2.24) is 34.8 Å². The number of pyridine rings is 1. The fourth-order valence-corrected chi connectivity index (χ4v) is 4.33. The van der Waals surface area contributed by atoms with E-state index in [1.54, 1.807) is 29.2 Å². The number of piperazine rings is 1. The number of anilines is 1. The van der Waals surface area contributed by atoms with E-state index in [4.69, 9.17) is 0 Å². The number of nitrogens with zero attached hydrogens (tertiary/aromatic N) is 8. The van der Waals surface area contributed by atoms with E-state index in [2.05, 4.69) is 48.1 Å². The maximum absolute atomic E-state index is 12.3. The van der Waals surface area contributed by atoms with Gasteiger partial charge in [-0.1, -0.05) is 0 Å². The van der Waals surface area contributed by atoms with Crippen LogP contribution in [0.1, 0.15) is 11.3 Å². The summed E-state index contributed by atoms with van der Waals surface area (Å²) in [6.07, 6.45) is 4.47. The van der Waals surface area contributed by atoms with Gasteiger partial charge in [-0.25, -0.2) is 4.68 Å². The molecule has 0 spiro atoms. The van der Waals surface area contributed by atoms with Crippen LogP contribution in [0.3, 0.4) is 0 Å². The van der Waals surface area contributed by atoms with Crippen LogP contribution in [0.5, 0.6) is 0 Å². The van der Waals surface area contributed by atoms with Crippen LogP contribution in [0.25, 0.3) is 11.3 Å². The number of hydrogen-bond acceptors (Lipinski definition) is 8. The summed E-state index contributed by atoms with van der Waals surface area (Å²) in [5.41, 5.74) is 4.03. The van der Waals surface area contributed by atoms with Crippen LogP contribution in [0.2, 0.25) is 0 Å². The van der Waals surface area contributed by atoms with E-state index in [1.807, 2.05) is 12.1 Å². The second-order valence-corrected chi connectivity index (χ2v) is 8.51. The van der Waals surface area contributed by atoms with Crippen molar-refractivity contribution in [3.63, 3.8) is 0 Å². The van der Waals surface area contributed by atoms with Gasteiger partial charge >= 0.3 is 0 Å². The van der Waals surface area contributed by atoms with Gasteiger partial charge in [-0.05, 0) is 36.9 Å². The quantitative estimate of drug-likeness (QED) is 0.588. The van der Waals surface area contributed by atoms with E-state index in [0.29, 0.717) is 6.54 Å². The number of hydrogen-bond donors (Lipinski definition) is 0. The van der Waals surface area contributed by atoms with E-state index in [-0.39, 0.29) is 5.56 Å². The van der Waals surface area contributed by atoms with E-state index < -0.39 is 0 Å². The molecule has 0 aromatic carbocycles. The highest BCUT2D eigenvalue weighted by atomic mass is 16.1. The van der Waals surface area contributed by atoms with Gasteiger partial charge in [0.1, 0.15) is 0 Å². The number of likely N-dealkylation sites (N-methyl/N-ethyl adjacent to an activating group) is 1. The maximum atomic E-state index is 12.3. The van der Waals surface area contributed by atoms with Gasteiger partial charge in [-0.2, -0.15) is 10.2 Å². The molecule has 1 fully saturated rings. The normalized spacial score (nSPS) is 17.3. The third-order valence-corrected chi connectivity index (χ3v) is 6.27. The van der Waals surface area contributed by atoms with Crippen molar-refractivity contribution in [2.24, 2.45) is 0 Å². The number of rotatable bonds is 5. The molecule has 5 rings (SSSR count). The molecule has 0 amide bonds. The molecule has 0 aliphatic carbocycles. The lowest BCUT2D eigenvalue weighted by Crippen LogP contribution is -2.48. The Balaban J connectivity index is 1.18. The molecule has 0 unspecified atom stereocenters. The first-order valence-corrected chi connectivity index (χ1v) is 11.2. The predicted molar refractivity (Wildman–Crippen MR) is 122 cm³/mol. The van der Waals surface area contributed by atoms with E-state index >= 15 is 0 Å². The molecule has 3 aromatic heterocycles. The first-order valence-electron chi connectivity index (χ1n) is 11.2. The lowest BCUT2D eigenvalue weighted by atomic mass is 10.1. The summed E-state index contributed by atoms with van der Waals surface area (Å²) < 4.78 is 1.56. The Morgan fingerprint density at radius 3 is 2.69 bits per heavy atom. The predicted octanol–water partition coefficient (Wildman–Crippen LogP) is 0.905. The minimum atomic E-state index is -0.0782. The van der Waals surface area contributed by atoms with Crippen molar-refractivity contribution in [2.45, 2.75) is 19.5 Å². The summed E-state index contributed by atoms with van der Waals surface area (Å²) in [6, 6.07) is 9.37. The van der Waals surface area contributed by atoms with Crippen molar-refractivity contribution in [3.8, 4) is 11.3 Å². The first kappa shape index (κ1) is 20.7. The molecule has 1 saturated heterocycles. The molecule has 0 N–H and O–H groups in total. The molecule has 166 valence electrons. The molecule has 0 atom stereocenters. The summed E-state index contributed by atoms with van der Waals surface area (Å²) in [4.78, 5) is 23.4. The van der Waals surface area contributed by atoms with Crippen LogP contribution < -0.4 is 10.5 Å². The van der Waals surface area contributed by atoms with Crippen molar-refractivity contribution < 1.29 is 0 Å². The molecule has 2 aliphatic rings. The van der Waals surface area contributed by atoms with Crippen LogP contribution in [-0.4, -0.2) is 81.1 Å². The third kappa shape index (κ3) is 4.53. The topological polar surface area (TPSA) is 83.3 Å². The zero-order chi connectivity index (χ0) is 21.9. The van der Waals surface area contributed by atoms with Crippen LogP contribution >= 0.6 is 0 Å². The average Bonchev–Trinajstić information content (AvgIpc) is 2.84. The Bertz CT molecular complexity index is 1120. The molecule has 3 aromatic rings. The van der Waals surface area contributed by atoms with Crippen molar-refractivity contribution in [3.05, 3.63) is 64.3 Å². The van der Waals surface area contributed by atoms with Crippen LogP contribution in [0.4, 0.5) is 5.82 Å². The minimum Gasteiger partial charge on any atom is -0.353 e. The second-order valence-electron chi connectivity index (χ2n) is 8.51. The van der Waals surface area contributed by atoms with Gasteiger partial charge < -0.3 is 9.80 Å². The van der Waals surface area contributed by atoms with Gasteiger partial charge in [0.2, 0.25) is 0 Å². The Labute approximate surface area is 187 Å². The number of aromatic nitrogens is 5. The van der Waals surface area contributed by atoms with Gasteiger partial charge in [0.05, 0.1) is 17.9 Å². The highest BCUT2D eigenvalue weighted by Crippen LogP contribution is 2.21. The van der Waals surface area contributed by atoms with E-state index in [1.165, 1.54) is 5.56 Å². The van der Waals surface area contributed by atoms with Gasteiger partial charge in [0.15, 0.2) is 5.82 Å². The van der Waals surface area contributed by atoms with Gasteiger partial charge in [-0.15, -0.1) is 5.10 Å². The molecule has 0 radical (unpaired) electrons. The van der Waals surface area contributed by atoms with Crippen molar-refractivity contribution in [1.29, 1.82) is 0 Å². The standard InChI is InChI=1S/C23H28N8O/c1-28-8-6-20-19(17-28)15-22(26-25-20)30-12-9-29(10-13-30)11-14-31-23(32)5-4-21(27-31)18-3-2-7-24-16-18/h2-5,7,15-16H,6,8-14,17H2,1H3. The number of fused-ring (bicyclic) bond motifs is 1. The van der Waals surface area contributed by atoms with E-state index in [9.17, 15) is 4.79 Å². The average molecular weight is 433 g/mol. The molecular weight excluding hydrogens is 404 g/mol. The molecule has 5 heterocycles. The fraction of sp³-hybridized carbons (Fsp3) is 0.435. The highest BCUT2D eigenvalue weighted by molar-refractivity contribution is 5.56. The fourth-order valence-electron chi connectivity index (χ4n) is 4.33. The summed E-state index contributed by atoms with van der Waals surface area (Å²) in [5.74, 6) is 0.973. The Hall–Kier alpha value is -3.17. The van der Waals surface area contributed by atoms with Crippen LogP contribution in [-0.2, 0) is 19.5 Å². The van der Waals surface area contributed by atoms with Gasteiger partial charge in [0.25, 0.3) is 5.56 Å². The molecule has 32 heavy (non-hydrogen) atoms. The largest absolute Gasteiger partial charge is 0.353 e. The Morgan fingerprint density at radius 2 is 1.88 bits per heavy atom. The first-order chi connectivity index (χ1) is 15.7. The molecule has 2 aliphatic heterocycles. The third-order valence-electron chi connectivity index (χ3n) is 6.27. The van der Waals surface area contributed by atoms with Gasteiger partial charge in [-0.3, -0.25) is 14.7 Å². The summed E-state index contributed by atoms with van der Waals surface area (Å²) in [6.45, 7) is 7.00. The summed E-state index contributed by atoms with van der Waals surface area (Å²) >= 11 is 0. The second kappa shape index (κ2) is 9.13.